The Morgan fingerprint density at radius 1 is 1.08 bits per heavy atom. The first-order chi connectivity index (χ1) is 11.3. The SMILES string of the molecule is CN(C)c1nc2c(c(=O)n(C)c(=O)n2C)n1Cc1ccc(F)cc1. The predicted molar refractivity (Wildman–Crippen MR) is 90.0 cm³/mol. The van der Waals surface area contributed by atoms with E-state index < -0.39 is 11.2 Å². The molecule has 0 aliphatic carbocycles. The third kappa shape index (κ3) is 2.40. The summed E-state index contributed by atoms with van der Waals surface area (Å²) in [6.07, 6.45) is 0. The van der Waals surface area contributed by atoms with Crippen molar-refractivity contribution in [3.05, 3.63) is 56.5 Å². The number of halogens is 1. The van der Waals surface area contributed by atoms with Crippen LogP contribution in [-0.2, 0) is 20.6 Å². The maximum absolute atomic E-state index is 13.1. The minimum Gasteiger partial charge on any atom is -0.348 e. The van der Waals surface area contributed by atoms with E-state index in [9.17, 15) is 14.0 Å². The van der Waals surface area contributed by atoms with E-state index in [1.54, 1.807) is 28.6 Å². The van der Waals surface area contributed by atoms with Crippen molar-refractivity contribution in [3.63, 3.8) is 0 Å². The predicted octanol–water partition coefficient (Wildman–Crippen LogP) is 0.687. The second-order valence-corrected chi connectivity index (χ2v) is 5.90. The molecule has 2 aromatic heterocycles. The van der Waals surface area contributed by atoms with Crippen molar-refractivity contribution in [2.45, 2.75) is 6.54 Å². The maximum Gasteiger partial charge on any atom is 0.332 e. The Morgan fingerprint density at radius 2 is 1.71 bits per heavy atom. The lowest BCUT2D eigenvalue weighted by Gasteiger charge is -2.14. The van der Waals surface area contributed by atoms with Gasteiger partial charge in [0.25, 0.3) is 5.56 Å². The van der Waals surface area contributed by atoms with Gasteiger partial charge in [0.15, 0.2) is 11.2 Å². The highest BCUT2D eigenvalue weighted by Crippen LogP contribution is 2.19. The highest BCUT2D eigenvalue weighted by atomic mass is 19.1. The van der Waals surface area contributed by atoms with Crippen LogP contribution in [-0.4, -0.2) is 32.8 Å². The zero-order valence-electron chi connectivity index (χ0n) is 13.9. The summed E-state index contributed by atoms with van der Waals surface area (Å²) >= 11 is 0. The number of rotatable bonds is 3. The number of aromatic nitrogens is 4. The molecule has 8 heteroatoms. The fourth-order valence-electron chi connectivity index (χ4n) is 2.70. The Kier molecular flexibility index (Phi) is 3.75. The van der Waals surface area contributed by atoms with Gasteiger partial charge in [-0.3, -0.25) is 18.5 Å². The molecule has 0 saturated heterocycles. The van der Waals surface area contributed by atoms with Gasteiger partial charge in [-0.1, -0.05) is 12.1 Å². The molecule has 0 aliphatic rings. The number of benzene rings is 1. The largest absolute Gasteiger partial charge is 0.348 e. The van der Waals surface area contributed by atoms with E-state index in [0.29, 0.717) is 23.7 Å². The van der Waals surface area contributed by atoms with Crippen LogP contribution in [0.2, 0.25) is 0 Å². The van der Waals surface area contributed by atoms with Crippen LogP contribution in [0.4, 0.5) is 10.3 Å². The fraction of sp³-hybridized carbons (Fsp3) is 0.312. The molecule has 0 atom stereocenters. The second-order valence-electron chi connectivity index (χ2n) is 5.90. The van der Waals surface area contributed by atoms with E-state index in [2.05, 4.69) is 4.98 Å². The van der Waals surface area contributed by atoms with Gasteiger partial charge in [-0.15, -0.1) is 0 Å². The standard InChI is InChI=1S/C16H18FN5O2/c1-19(2)15-18-13-12(14(23)21(4)16(24)20(13)3)22(15)9-10-5-7-11(17)8-6-10/h5-8H,9H2,1-4H3. The summed E-state index contributed by atoms with van der Waals surface area (Å²) in [4.78, 5) is 30.9. The van der Waals surface area contributed by atoms with Crippen molar-refractivity contribution < 1.29 is 4.39 Å². The lowest BCUT2D eigenvalue weighted by atomic mass is 10.2. The molecule has 24 heavy (non-hydrogen) atoms. The number of hydrogen-bond donors (Lipinski definition) is 0. The molecule has 7 nitrogen and oxygen atoms in total. The van der Waals surface area contributed by atoms with Gasteiger partial charge in [-0.05, 0) is 17.7 Å². The van der Waals surface area contributed by atoms with E-state index >= 15 is 0 Å². The third-order valence-electron chi connectivity index (χ3n) is 3.98. The van der Waals surface area contributed by atoms with E-state index in [1.165, 1.54) is 23.7 Å². The molecule has 0 bridgehead atoms. The fourth-order valence-corrected chi connectivity index (χ4v) is 2.70. The van der Waals surface area contributed by atoms with Gasteiger partial charge in [0.2, 0.25) is 5.95 Å². The van der Waals surface area contributed by atoms with Crippen molar-refractivity contribution in [1.29, 1.82) is 0 Å². The Balaban J connectivity index is 2.32. The van der Waals surface area contributed by atoms with Gasteiger partial charge < -0.3 is 4.90 Å². The summed E-state index contributed by atoms with van der Waals surface area (Å²) in [6, 6.07) is 6.06. The number of nitrogens with zero attached hydrogens (tertiary/aromatic N) is 5. The Morgan fingerprint density at radius 3 is 2.29 bits per heavy atom. The molecule has 3 aromatic rings. The molecule has 3 rings (SSSR count). The second kappa shape index (κ2) is 5.63. The Labute approximate surface area is 137 Å². The molecule has 0 spiro atoms. The minimum atomic E-state index is -0.427. The average molecular weight is 331 g/mol. The molecule has 0 amide bonds. The maximum atomic E-state index is 13.1. The first kappa shape index (κ1) is 16.0. The molecule has 1 aromatic carbocycles. The smallest absolute Gasteiger partial charge is 0.332 e. The average Bonchev–Trinajstić information content (AvgIpc) is 2.92. The van der Waals surface area contributed by atoms with Gasteiger partial charge in [-0.2, -0.15) is 4.98 Å². The highest BCUT2D eigenvalue weighted by Gasteiger charge is 2.20. The summed E-state index contributed by atoms with van der Waals surface area (Å²) in [5.41, 5.74) is 0.663. The van der Waals surface area contributed by atoms with E-state index in [4.69, 9.17) is 0 Å². The Hall–Kier alpha value is -2.90. The summed E-state index contributed by atoms with van der Waals surface area (Å²) in [5.74, 6) is 0.230. The first-order valence-corrected chi connectivity index (χ1v) is 7.39. The molecular formula is C16H18FN5O2. The molecule has 0 saturated carbocycles. The molecule has 0 aliphatic heterocycles. The molecule has 0 radical (unpaired) electrons. The lowest BCUT2D eigenvalue weighted by molar-refractivity contribution is 0.626. The molecule has 2 heterocycles. The van der Waals surface area contributed by atoms with Crippen LogP contribution in [0.3, 0.4) is 0 Å². The monoisotopic (exact) mass is 331 g/mol. The van der Waals surface area contributed by atoms with Crippen LogP contribution in [0.15, 0.2) is 33.9 Å². The van der Waals surface area contributed by atoms with Crippen molar-refractivity contribution in [3.8, 4) is 0 Å². The van der Waals surface area contributed by atoms with Gasteiger partial charge in [-0.25, -0.2) is 9.18 Å². The highest BCUT2D eigenvalue weighted by molar-refractivity contribution is 5.74. The van der Waals surface area contributed by atoms with Crippen LogP contribution in [0.25, 0.3) is 11.2 Å². The van der Waals surface area contributed by atoms with Crippen LogP contribution >= 0.6 is 0 Å². The van der Waals surface area contributed by atoms with Crippen LogP contribution in [0.1, 0.15) is 5.56 Å². The van der Waals surface area contributed by atoms with Gasteiger partial charge in [0.05, 0.1) is 6.54 Å². The normalized spacial score (nSPS) is 11.2. The first-order valence-electron chi connectivity index (χ1n) is 7.39. The summed E-state index contributed by atoms with van der Waals surface area (Å²) in [5, 5.41) is 0. The van der Waals surface area contributed by atoms with Gasteiger partial charge >= 0.3 is 5.69 Å². The minimum absolute atomic E-state index is 0.319. The van der Waals surface area contributed by atoms with Crippen molar-refractivity contribution in [2.24, 2.45) is 14.1 Å². The molecular weight excluding hydrogens is 313 g/mol. The van der Waals surface area contributed by atoms with Crippen molar-refractivity contribution in [1.82, 2.24) is 18.7 Å². The summed E-state index contributed by atoms with van der Waals surface area (Å²) in [6.45, 7) is 0.345. The molecule has 0 unspecified atom stereocenters. The summed E-state index contributed by atoms with van der Waals surface area (Å²) in [7, 11) is 6.64. The zero-order valence-corrected chi connectivity index (χ0v) is 13.9. The van der Waals surface area contributed by atoms with Crippen LogP contribution in [0.5, 0.6) is 0 Å². The molecule has 0 fully saturated rings. The van der Waals surface area contributed by atoms with E-state index in [-0.39, 0.29) is 5.82 Å². The third-order valence-corrected chi connectivity index (χ3v) is 3.98. The van der Waals surface area contributed by atoms with E-state index in [1.807, 2.05) is 14.1 Å². The zero-order chi connectivity index (χ0) is 17.6. The number of hydrogen-bond acceptors (Lipinski definition) is 4. The van der Waals surface area contributed by atoms with Gasteiger partial charge in [0, 0.05) is 28.2 Å². The topological polar surface area (TPSA) is 65.1 Å². The van der Waals surface area contributed by atoms with Crippen molar-refractivity contribution in [2.75, 3.05) is 19.0 Å². The van der Waals surface area contributed by atoms with Gasteiger partial charge in [0.1, 0.15) is 5.82 Å². The number of anilines is 1. The van der Waals surface area contributed by atoms with Crippen LogP contribution in [0, 0.1) is 5.82 Å². The number of aryl methyl sites for hydroxylation is 1. The Bertz CT molecular complexity index is 1030. The van der Waals surface area contributed by atoms with Crippen LogP contribution < -0.4 is 16.1 Å². The summed E-state index contributed by atoms with van der Waals surface area (Å²) < 4.78 is 17.3. The molecule has 126 valence electrons. The number of imidazole rings is 1. The van der Waals surface area contributed by atoms with E-state index in [0.717, 1.165) is 10.1 Å². The number of fused-ring (bicyclic) bond motifs is 1. The lowest BCUT2D eigenvalue weighted by Crippen LogP contribution is -2.37. The molecule has 0 N–H and O–H groups in total. The van der Waals surface area contributed by atoms with Crippen molar-refractivity contribution >= 4 is 17.1 Å². The quantitative estimate of drug-likeness (QED) is 0.708.